The van der Waals surface area contributed by atoms with Crippen molar-refractivity contribution in [2.75, 3.05) is 31.1 Å². The van der Waals surface area contributed by atoms with Gasteiger partial charge in [-0.2, -0.15) is 0 Å². The smallest absolute Gasteiger partial charge is 0.323 e. The lowest BCUT2D eigenvalue weighted by Crippen LogP contribution is -2.40. The summed E-state index contributed by atoms with van der Waals surface area (Å²) in [6.45, 7) is 4.24. The minimum absolute atomic E-state index is 0.0788. The molecule has 0 spiro atoms. The van der Waals surface area contributed by atoms with Crippen LogP contribution in [0.2, 0.25) is 0 Å². The molecule has 1 aliphatic rings. The van der Waals surface area contributed by atoms with Gasteiger partial charge in [0.1, 0.15) is 12.3 Å². The normalized spacial score (nSPS) is 17.0. The van der Waals surface area contributed by atoms with Crippen molar-refractivity contribution in [1.82, 2.24) is 4.90 Å². The van der Waals surface area contributed by atoms with Gasteiger partial charge < -0.3 is 19.6 Å². The van der Waals surface area contributed by atoms with Crippen molar-refractivity contribution in [3.05, 3.63) is 24.3 Å². The minimum atomic E-state index is -1.06. The van der Waals surface area contributed by atoms with E-state index in [9.17, 15) is 14.4 Å². The summed E-state index contributed by atoms with van der Waals surface area (Å²) in [5.41, 5.74) is 0.640. The van der Waals surface area contributed by atoms with E-state index in [2.05, 4.69) is 0 Å². The van der Waals surface area contributed by atoms with Crippen molar-refractivity contribution in [2.24, 2.45) is 5.92 Å². The first-order valence-electron chi connectivity index (χ1n) is 8.00. The van der Waals surface area contributed by atoms with Crippen LogP contribution in [0.15, 0.2) is 24.3 Å². The maximum atomic E-state index is 12.5. The summed E-state index contributed by atoms with van der Waals surface area (Å²) < 4.78 is 5.55. The molecule has 7 nitrogen and oxygen atoms in total. The molecule has 1 saturated heterocycles. The fourth-order valence-corrected chi connectivity index (χ4v) is 2.83. The first-order valence-corrected chi connectivity index (χ1v) is 8.00. The SMILES string of the molecule is CCOc1ccccc1N1CC(C(=O)N(CC)CC(=O)O)CC1=O. The molecular formula is C17H22N2O5. The Morgan fingerprint density at radius 3 is 2.67 bits per heavy atom. The molecule has 130 valence electrons. The molecule has 1 aromatic rings. The summed E-state index contributed by atoms with van der Waals surface area (Å²) in [5.74, 6) is -1.46. The van der Waals surface area contributed by atoms with Crippen molar-refractivity contribution in [3.8, 4) is 5.75 Å². The Morgan fingerprint density at radius 2 is 2.04 bits per heavy atom. The van der Waals surface area contributed by atoms with E-state index in [1.165, 1.54) is 4.90 Å². The predicted octanol–water partition coefficient (Wildman–Crippen LogP) is 1.37. The summed E-state index contributed by atoms with van der Waals surface area (Å²) >= 11 is 0. The highest BCUT2D eigenvalue weighted by molar-refractivity contribution is 6.01. The third kappa shape index (κ3) is 3.84. The highest BCUT2D eigenvalue weighted by atomic mass is 16.5. The number of carbonyl (C=O) groups excluding carboxylic acids is 2. The van der Waals surface area contributed by atoms with E-state index in [0.29, 0.717) is 24.6 Å². The number of likely N-dealkylation sites (N-methyl/N-ethyl adjacent to an activating group) is 1. The fourth-order valence-electron chi connectivity index (χ4n) is 2.83. The number of amides is 2. The molecule has 1 N–H and O–H groups in total. The van der Waals surface area contributed by atoms with Crippen LogP contribution in [0.1, 0.15) is 20.3 Å². The van der Waals surface area contributed by atoms with Crippen LogP contribution < -0.4 is 9.64 Å². The Balaban J connectivity index is 2.16. The molecule has 0 radical (unpaired) electrons. The topological polar surface area (TPSA) is 87.2 Å². The largest absolute Gasteiger partial charge is 0.492 e. The molecule has 2 amide bonds. The number of carbonyl (C=O) groups is 3. The van der Waals surface area contributed by atoms with Crippen LogP contribution in [0.3, 0.4) is 0 Å². The number of carboxylic acid groups (broad SMARTS) is 1. The van der Waals surface area contributed by atoms with Crippen LogP contribution in [0.25, 0.3) is 0 Å². The number of hydrogen-bond donors (Lipinski definition) is 1. The summed E-state index contributed by atoms with van der Waals surface area (Å²) in [6.07, 6.45) is 0.0788. The van der Waals surface area contributed by atoms with E-state index in [0.717, 1.165) is 0 Å². The molecule has 0 aromatic heterocycles. The number of para-hydroxylation sites is 2. The molecule has 1 fully saturated rings. The maximum Gasteiger partial charge on any atom is 0.323 e. The van der Waals surface area contributed by atoms with Crippen LogP contribution in [0.5, 0.6) is 5.75 Å². The van der Waals surface area contributed by atoms with E-state index in [4.69, 9.17) is 9.84 Å². The Bertz CT molecular complexity index is 631. The van der Waals surface area contributed by atoms with Gasteiger partial charge in [0.15, 0.2) is 0 Å². The predicted molar refractivity (Wildman–Crippen MR) is 88.0 cm³/mol. The molecule has 1 aliphatic heterocycles. The zero-order valence-electron chi connectivity index (χ0n) is 13.9. The number of rotatable bonds is 7. The molecule has 0 saturated carbocycles. The van der Waals surface area contributed by atoms with Crippen molar-refractivity contribution in [2.45, 2.75) is 20.3 Å². The van der Waals surface area contributed by atoms with Gasteiger partial charge in [-0.1, -0.05) is 12.1 Å². The van der Waals surface area contributed by atoms with E-state index in [1.54, 1.807) is 24.0 Å². The molecule has 7 heteroatoms. The zero-order chi connectivity index (χ0) is 17.7. The minimum Gasteiger partial charge on any atom is -0.492 e. The molecule has 1 atom stereocenters. The average molecular weight is 334 g/mol. The number of hydrogen-bond acceptors (Lipinski definition) is 4. The molecule has 24 heavy (non-hydrogen) atoms. The number of anilines is 1. The zero-order valence-corrected chi connectivity index (χ0v) is 13.9. The Labute approximate surface area is 140 Å². The third-order valence-electron chi connectivity index (χ3n) is 3.95. The molecule has 1 heterocycles. The van der Waals surface area contributed by atoms with E-state index < -0.39 is 11.9 Å². The monoisotopic (exact) mass is 334 g/mol. The number of nitrogens with zero attached hydrogens (tertiary/aromatic N) is 2. The molecular weight excluding hydrogens is 312 g/mol. The second kappa shape index (κ2) is 7.81. The second-order valence-electron chi connectivity index (χ2n) is 5.55. The van der Waals surface area contributed by atoms with Crippen molar-refractivity contribution >= 4 is 23.5 Å². The van der Waals surface area contributed by atoms with E-state index in [1.807, 2.05) is 19.1 Å². The van der Waals surface area contributed by atoms with Gasteiger partial charge in [-0.3, -0.25) is 14.4 Å². The summed E-state index contributed by atoms with van der Waals surface area (Å²) in [6, 6.07) is 7.20. The average Bonchev–Trinajstić information content (AvgIpc) is 2.94. The van der Waals surface area contributed by atoms with Crippen LogP contribution in [-0.4, -0.2) is 54.0 Å². The number of benzene rings is 1. The van der Waals surface area contributed by atoms with Gasteiger partial charge in [0, 0.05) is 19.5 Å². The van der Waals surface area contributed by atoms with Gasteiger partial charge >= 0.3 is 5.97 Å². The van der Waals surface area contributed by atoms with Crippen LogP contribution >= 0.6 is 0 Å². The van der Waals surface area contributed by atoms with Gasteiger partial charge in [-0.15, -0.1) is 0 Å². The maximum absolute atomic E-state index is 12.5. The molecule has 1 unspecified atom stereocenters. The highest BCUT2D eigenvalue weighted by Gasteiger charge is 2.38. The molecule has 1 aromatic carbocycles. The molecule has 0 bridgehead atoms. The summed E-state index contributed by atoms with van der Waals surface area (Å²) in [4.78, 5) is 38.5. The number of ether oxygens (including phenoxy) is 1. The highest BCUT2D eigenvalue weighted by Crippen LogP contribution is 2.33. The van der Waals surface area contributed by atoms with Crippen LogP contribution in [-0.2, 0) is 14.4 Å². The Morgan fingerprint density at radius 1 is 1.33 bits per heavy atom. The number of carboxylic acids is 1. The first-order chi connectivity index (χ1) is 11.5. The lowest BCUT2D eigenvalue weighted by Gasteiger charge is -2.23. The lowest BCUT2D eigenvalue weighted by atomic mass is 10.1. The van der Waals surface area contributed by atoms with Crippen LogP contribution in [0.4, 0.5) is 5.69 Å². The summed E-state index contributed by atoms with van der Waals surface area (Å²) in [5, 5.41) is 8.90. The van der Waals surface area contributed by atoms with Gasteiger partial charge in [-0.05, 0) is 26.0 Å². The first kappa shape index (κ1) is 17.8. The van der Waals surface area contributed by atoms with Crippen molar-refractivity contribution in [3.63, 3.8) is 0 Å². The van der Waals surface area contributed by atoms with Crippen molar-refractivity contribution in [1.29, 1.82) is 0 Å². The van der Waals surface area contributed by atoms with Crippen LogP contribution in [0, 0.1) is 5.92 Å². The van der Waals surface area contributed by atoms with E-state index >= 15 is 0 Å². The van der Waals surface area contributed by atoms with Gasteiger partial charge in [0.2, 0.25) is 11.8 Å². The van der Waals surface area contributed by atoms with Gasteiger partial charge in [0.25, 0.3) is 0 Å². The van der Waals surface area contributed by atoms with Crippen molar-refractivity contribution < 1.29 is 24.2 Å². The molecule has 2 rings (SSSR count). The van der Waals surface area contributed by atoms with Gasteiger partial charge in [-0.25, -0.2) is 0 Å². The van der Waals surface area contributed by atoms with E-state index in [-0.39, 0.29) is 31.3 Å². The quantitative estimate of drug-likeness (QED) is 0.814. The molecule has 0 aliphatic carbocycles. The standard InChI is InChI=1S/C17H22N2O5/c1-3-18(11-16(21)22)17(23)12-9-15(20)19(10-12)13-7-5-6-8-14(13)24-4-2/h5-8,12H,3-4,9-11H2,1-2H3,(H,21,22). The second-order valence-corrected chi connectivity index (χ2v) is 5.55. The Hall–Kier alpha value is -2.57. The third-order valence-corrected chi connectivity index (χ3v) is 3.95. The fraction of sp³-hybridized carbons (Fsp3) is 0.471. The van der Waals surface area contributed by atoms with Gasteiger partial charge in [0.05, 0.1) is 18.2 Å². The number of aliphatic carboxylic acids is 1. The summed E-state index contributed by atoms with van der Waals surface area (Å²) in [7, 11) is 0. The Kier molecular flexibility index (Phi) is 5.78. The lowest BCUT2D eigenvalue weighted by molar-refractivity contribution is -0.146.